The molecule has 0 aromatic heterocycles. The summed E-state index contributed by atoms with van der Waals surface area (Å²) in [5.74, 6) is 0.951. The number of hydrogen-bond donors (Lipinski definition) is 0. The number of ether oxygens (including phenoxy) is 1. The molecule has 2 aromatic carbocycles. The first-order chi connectivity index (χ1) is 9.38. The van der Waals surface area contributed by atoms with Crippen LogP contribution in [0.15, 0.2) is 58.3 Å². The predicted molar refractivity (Wildman–Crippen MR) is 84.6 cm³/mol. The second-order valence-electron chi connectivity index (χ2n) is 4.18. The largest absolute Gasteiger partial charge is 0.492 e. The van der Waals surface area contributed by atoms with Crippen LogP contribution >= 0.6 is 27.7 Å². The third-order valence-corrected chi connectivity index (χ3v) is 4.40. The van der Waals surface area contributed by atoms with Crippen molar-refractivity contribution in [3.63, 3.8) is 0 Å². The summed E-state index contributed by atoms with van der Waals surface area (Å²) in [5, 5.41) is 0.835. The van der Waals surface area contributed by atoms with Gasteiger partial charge in [-0.2, -0.15) is 0 Å². The Morgan fingerprint density at radius 1 is 0.947 bits per heavy atom. The summed E-state index contributed by atoms with van der Waals surface area (Å²) in [6, 6.07) is 16.8. The zero-order valence-electron chi connectivity index (χ0n) is 10.3. The second-order valence-corrected chi connectivity index (χ2v) is 6.06. The Morgan fingerprint density at radius 2 is 1.68 bits per heavy atom. The van der Waals surface area contributed by atoms with Crippen LogP contribution in [0.2, 0.25) is 0 Å². The summed E-state index contributed by atoms with van der Waals surface area (Å²) < 4.78 is 5.90. The van der Waals surface area contributed by atoms with E-state index < -0.39 is 0 Å². The van der Waals surface area contributed by atoms with E-state index >= 15 is 0 Å². The molecule has 0 amide bonds. The Hall–Kier alpha value is -1.19. The maximum atomic E-state index is 5.90. The fourth-order valence-electron chi connectivity index (χ4n) is 2.06. The van der Waals surface area contributed by atoms with Crippen LogP contribution in [-0.4, -0.2) is 11.9 Å². The van der Waals surface area contributed by atoms with Gasteiger partial charge in [0.15, 0.2) is 0 Å². The Balaban J connectivity index is 2.11. The number of benzene rings is 2. The summed E-state index contributed by atoms with van der Waals surface area (Å²) in [5.41, 5.74) is 2.39. The highest BCUT2D eigenvalue weighted by Crippen LogP contribution is 2.40. The average Bonchev–Trinajstić information content (AvgIpc) is 2.61. The van der Waals surface area contributed by atoms with E-state index in [9.17, 15) is 0 Å². The number of alkyl halides is 1. The average molecular weight is 333 g/mol. The molecule has 96 valence electrons. The van der Waals surface area contributed by atoms with E-state index in [-0.39, 0.29) is 0 Å². The molecule has 0 atom stereocenters. The van der Waals surface area contributed by atoms with E-state index in [1.54, 1.807) is 11.8 Å². The molecule has 0 aliphatic carbocycles. The molecule has 0 saturated heterocycles. The molecule has 3 heteroatoms. The number of fused-ring (bicyclic) bond motifs is 2. The van der Waals surface area contributed by atoms with E-state index in [4.69, 9.17) is 4.74 Å². The monoisotopic (exact) mass is 332 g/mol. The van der Waals surface area contributed by atoms with Crippen molar-refractivity contribution in [2.24, 2.45) is 0 Å². The first kappa shape index (κ1) is 12.8. The lowest BCUT2D eigenvalue weighted by molar-refractivity contribution is 0.304. The molecule has 19 heavy (non-hydrogen) atoms. The standard InChI is InChI=1S/C16H13BrOS/c17-9-10-18-14-11-12-5-1-3-7-15(12)19-16-8-4-2-6-13(14)16/h1-8,11H,9-10H2. The molecule has 0 fully saturated rings. The lowest BCUT2D eigenvalue weighted by Crippen LogP contribution is -1.96. The fraction of sp³-hybridized carbons (Fsp3) is 0.125. The van der Waals surface area contributed by atoms with Gasteiger partial charge in [0.05, 0.1) is 6.61 Å². The van der Waals surface area contributed by atoms with Gasteiger partial charge in [-0.3, -0.25) is 0 Å². The van der Waals surface area contributed by atoms with E-state index in [1.165, 1.54) is 20.9 Å². The van der Waals surface area contributed by atoms with Crippen molar-refractivity contribution in [3.05, 3.63) is 59.7 Å². The van der Waals surface area contributed by atoms with Gasteiger partial charge in [-0.25, -0.2) is 0 Å². The highest BCUT2D eigenvalue weighted by molar-refractivity contribution is 9.09. The molecule has 3 rings (SSSR count). The summed E-state index contributed by atoms with van der Waals surface area (Å²) in [6.45, 7) is 0.674. The minimum Gasteiger partial charge on any atom is -0.492 e. The van der Waals surface area contributed by atoms with Crippen LogP contribution in [-0.2, 0) is 4.74 Å². The van der Waals surface area contributed by atoms with Crippen molar-refractivity contribution in [2.45, 2.75) is 9.79 Å². The van der Waals surface area contributed by atoms with Crippen molar-refractivity contribution in [3.8, 4) is 0 Å². The number of hydrogen-bond acceptors (Lipinski definition) is 2. The Labute approximate surface area is 125 Å². The zero-order chi connectivity index (χ0) is 13.1. The van der Waals surface area contributed by atoms with E-state index in [2.05, 4.69) is 70.5 Å². The summed E-state index contributed by atoms with van der Waals surface area (Å²) in [6.07, 6.45) is 2.14. The highest BCUT2D eigenvalue weighted by Gasteiger charge is 2.16. The van der Waals surface area contributed by atoms with Crippen molar-refractivity contribution in [1.82, 2.24) is 0 Å². The maximum Gasteiger partial charge on any atom is 0.128 e. The number of rotatable bonds is 3. The van der Waals surface area contributed by atoms with Gasteiger partial charge in [0.25, 0.3) is 0 Å². The Morgan fingerprint density at radius 3 is 2.53 bits per heavy atom. The molecule has 1 aliphatic rings. The van der Waals surface area contributed by atoms with Crippen LogP contribution < -0.4 is 0 Å². The van der Waals surface area contributed by atoms with Gasteiger partial charge in [-0.05, 0) is 23.8 Å². The van der Waals surface area contributed by atoms with Gasteiger partial charge in [-0.1, -0.05) is 64.1 Å². The van der Waals surface area contributed by atoms with Crippen LogP contribution in [0, 0.1) is 0 Å². The van der Waals surface area contributed by atoms with Crippen LogP contribution in [0.1, 0.15) is 11.1 Å². The lowest BCUT2D eigenvalue weighted by Gasteiger charge is -2.10. The molecular weight excluding hydrogens is 320 g/mol. The van der Waals surface area contributed by atoms with Crippen LogP contribution in [0.5, 0.6) is 0 Å². The molecule has 0 saturated carbocycles. The van der Waals surface area contributed by atoms with Crippen molar-refractivity contribution < 1.29 is 4.74 Å². The van der Waals surface area contributed by atoms with Gasteiger partial charge in [0.1, 0.15) is 5.76 Å². The highest BCUT2D eigenvalue weighted by atomic mass is 79.9. The van der Waals surface area contributed by atoms with Gasteiger partial charge in [0, 0.05) is 20.7 Å². The lowest BCUT2D eigenvalue weighted by atomic mass is 10.1. The molecule has 0 spiro atoms. The molecule has 2 aromatic rings. The van der Waals surface area contributed by atoms with Crippen molar-refractivity contribution >= 4 is 39.5 Å². The third kappa shape index (κ3) is 2.72. The minimum absolute atomic E-state index is 0.674. The van der Waals surface area contributed by atoms with Gasteiger partial charge >= 0.3 is 0 Å². The zero-order valence-corrected chi connectivity index (χ0v) is 12.7. The normalized spacial score (nSPS) is 13.0. The third-order valence-electron chi connectivity index (χ3n) is 2.91. The fourth-order valence-corrected chi connectivity index (χ4v) is 3.27. The van der Waals surface area contributed by atoms with Crippen molar-refractivity contribution in [1.29, 1.82) is 0 Å². The van der Waals surface area contributed by atoms with E-state index in [1.807, 2.05) is 0 Å². The summed E-state index contributed by atoms with van der Waals surface area (Å²) >= 11 is 5.21. The first-order valence-electron chi connectivity index (χ1n) is 6.15. The second kappa shape index (κ2) is 5.85. The predicted octanol–water partition coefficient (Wildman–Crippen LogP) is 5.06. The van der Waals surface area contributed by atoms with Crippen molar-refractivity contribution in [2.75, 3.05) is 11.9 Å². The molecule has 0 bridgehead atoms. The topological polar surface area (TPSA) is 9.23 Å². The SMILES string of the molecule is BrCCOC1=Cc2ccccc2Sc2ccccc21. The van der Waals surface area contributed by atoms with Crippen LogP contribution in [0.25, 0.3) is 11.8 Å². The summed E-state index contributed by atoms with van der Waals surface area (Å²) in [4.78, 5) is 2.51. The molecule has 1 aliphatic heterocycles. The van der Waals surface area contributed by atoms with E-state index in [0.29, 0.717) is 6.61 Å². The molecule has 1 nitrogen and oxygen atoms in total. The maximum absolute atomic E-state index is 5.90. The van der Waals surface area contributed by atoms with Gasteiger partial charge < -0.3 is 4.74 Å². The van der Waals surface area contributed by atoms with Gasteiger partial charge in [-0.15, -0.1) is 0 Å². The van der Waals surface area contributed by atoms with Crippen LogP contribution in [0.3, 0.4) is 0 Å². The molecule has 0 unspecified atom stereocenters. The first-order valence-corrected chi connectivity index (χ1v) is 8.09. The molecule has 0 radical (unpaired) electrons. The smallest absolute Gasteiger partial charge is 0.128 e. The Bertz CT molecular complexity index is 622. The van der Waals surface area contributed by atoms with E-state index in [0.717, 1.165) is 11.1 Å². The Kier molecular flexibility index (Phi) is 3.95. The molecule has 0 N–H and O–H groups in total. The molecule has 1 heterocycles. The number of halogens is 1. The minimum atomic E-state index is 0.674. The summed E-state index contributed by atoms with van der Waals surface area (Å²) in [7, 11) is 0. The van der Waals surface area contributed by atoms with Gasteiger partial charge in [0.2, 0.25) is 0 Å². The molecular formula is C16H13BrOS. The van der Waals surface area contributed by atoms with Crippen LogP contribution in [0.4, 0.5) is 0 Å². The quantitative estimate of drug-likeness (QED) is 0.726.